The third-order valence-corrected chi connectivity index (χ3v) is 5.87. The van der Waals surface area contributed by atoms with Crippen molar-refractivity contribution in [2.24, 2.45) is 5.92 Å². The summed E-state index contributed by atoms with van der Waals surface area (Å²) in [6.45, 7) is 1.34. The van der Waals surface area contributed by atoms with Crippen LogP contribution in [0.4, 0.5) is 5.69 Å². The SMILES string of the molecule is O=C1Nc2ccccc2C[C@@H]1CCC(=O)N1CCO[C@@H]2CCCC[C@@H]21. The minimum atomic E-state index is -0.109. The second kappa shape index (κ2) is 7.16. The first-order valence-corrected chi connectivity index (χ1v) is 9.52. The van der Waals surface area contributed by atoms with Gasteiger partial charge in [-0.1, -0.05) is 31.0 Å². The maximum absolute atomic E-state index is 12.8. The zero-order valence-corrected chi connectivity index (χ0v) is 14.6. The highest BCUT2D eigenvalue weighted by Gasteiger charge is 2.37. The van der Waals surface area contributed by atoms with Gasteiger partial charge in [-0.15, -0.1) is 0 Å². The monoisotopic (exact) mass is 342 g/mol. The summed E-state index contributed by atoms with van der Waals surface area (Å²) in [7, 11) is 0. The quantitative estimate of drug-likeness (QED) is 0.919. The van der Waals surface area contributed by atoms with Gasteiger partial charge in [0.25, 0.3) is 0 Å². The van der Waals surface area contributed by atoms with E-state index in [1.807, 2.05) is 23.1 Å². The molecule has 134 valence electrons. The molecule has 1 N–H and O–H groups in total. The molecule has 1 aromatic carbocycles. The molecule has 25 heavy (non-hydrogen) atoms. The Morgan fingerprint density at radius 3 is 3.00 bits per heavy atom. The summed E-state index contributed by atoms with van der Waals surface area (Å²) in [5, 5.41) is 2.97. The summed E-state index contributed by atoms with van der Waals surface area (Å²) in [6, 6.07) is 8.16. The molecule has 1 saturated carbocycles. The molecule has 5 heteroatoms. The van der Waals surface area contributed by atoms with Crippen LogP contribution < -0.4 is 5.32 Å². The molecule has 1 aliphatic carbocycles. The van der Waals surface area contributed by atoms with E-state index in [1.165, 1.54) is 18.4 Å². The van der Waals surface area contributed by atoms with Crippen LogP contribution >= 0.6 is 0 Å². The first-order chi connectivity index (χ1) is 12.2. The van der Waals surface area contributed by atoms with E-state index in [-0.39, 0.29) is 29.9 Å². The van der Waals surface area contributed by atoms with Gasteiger partial charge in [0.2, 0.25) is 11.8 Å². The van der Waals surface area contributed by atoms with Gasteiger partial charge < -0.3 is 15.0 Å². The zero-order chi connectivity index (χ0) is 17.2. The molecule has 2 amide bonds. The van der Waals surface area contributed by atoms with Crippen LogP contribution in [0.1, 0.15) is 44.1 Å². The van der Waals surface area contributed by atoms with E-state index < -0.39 is 0 Å². The first-order valence-electron chi connectivity index (χ1n) is 9.52. The van der Waals surface area contributed by atoms with E-state index in [0.29, 0.717) is 26.0 Å². The summed E-state index contributed by atoms with van der Waals surface area (Å²) >= 11 is 0. The third kappa shape index (κ3) is 3.43. The van der Waals surface area contributed by atoms with Gasteiger partial charge in [-0.3, -0.25) is 9.59 Å². The number of para-hydroxylation sites is 1. The fourth-order valence-electron chi connectivity index (χ4n) is 4.49. The van der Waals surface area contributed by atoms with E-state index in [0.717, 1.165) is 24.9 Å². The van der Waals surface area contributed by atoms with Crippen LogP contribution in [0, 0.1) is 5.92 Å². The minimum absolute atomic E-state index is 0.0454. The molecule has 3 aliphatic rings. The number of amides is 2. The van der Waals surface area contributed by atoms with Gasteiger partial charge in [-0.2, -0.15) is 0 Å². The molecule has 2 heterocycles. The van der Waals surface area contributed by atoms with Gasteiger partial charge in [-0.05, 0) is 37.3 Å². The topological polar surface area (TPSA) is 58.6 Å². The Kier molecular flexibility index (Phi) is 4.75. The summed E-state index contributed by atoms with van der Waals surface area (Å²) < 4.78 is 5.85. The van der Waals surface area contributed by atoms with Crippen molar-refractivity contribution in [1.82, 2.24) is 4.90 Å². The lowest BCUT2D eigenvalue weighted by atomic mass is 9.88. The number of hydrogen-bond donors (Lipinski definition) is 1. The Morgan fingerprint density at radius 1 is 1.24 bits per heavy atom. The second-order valence-electron chi connectivity index (χ2n) is 7.43. The zero-order valence-electron chi connectivity index (χ0n) is 14.6. The number of nitrogens with one attached hydrogen (secondary N) is 1. The van der Waals surface area contributed by atoms with Crippen molar-refractivity contribution >= 4 is 17.5 Å². The number of ether oxygens (including phenoxy) is 1. The van der Waals surface area contributed by atoms with Crippen molar-refractivity contribution < 1.29 is 14.3 Å². The number of carbonyl (C=O) groups is 2. The Hall–Kier alpha value is -1.88. The highest BCUT2D eigenvalue weighted by molar-refractivity contribution is 5.96. The van der Waals surface area contributed by atoms with Gasteiger partial charge in [0, 0.05) is 24.6 Å². The Morgan fingerprint density at radius 2 is 2.08 bits per heavy atom. The Bertz CT molecular complexity index is 658. The fraction of sp³-hybridized carbons (Fsp3) is 0.600. The Labute approximate surface area is 148 Å². The van der Waals surface area contributed by atoms with Crippen LogP contribution in [0.25, 0.3) is 0 Å². The highest BCUT2D eigenvalue weighted by Crippen LogP contribution is 2.31. The van der Waals surface area contributed by atoms with Gasteiger partial charge in [-0.25, -0.2) is 0 Å². The fourth-order valence-corrected chi connectivity index (χ4v) is 4.49. The van der Waals surface area contributed by atoms with Crippen molar-refractivity contribution in [2.45, 2.75) is 57.1 Å². The lowest BCUT2D eigenvalue weighted by Gasteiger charge is -2.44. The van der Waals surface area contributed by atoms with Crippen LogP contribution in [0.5, 0.6) is 0 Å². The average molecular weight is 342 g/mol. The summed E-state index contributed by atoms with van der Waals surface area (Å²) in [4.78, 5) is 27.1. The third-order valence-electron chi connectivity index (χ3n) is 5.87. The number of anilines is 1. The van der Waals surface area contributed by atoms with Crippen molar-refractivity contribution in [1.29, 1.82) is 0 Å². The molecule has 0 aromatic heterocycles. The molecule has 1 aromatic rings. The number of benzene rings is 1. The van der Waals surface area contributed by atoms with E-state index in [9.17, 15) is 9.59 Å². The number of hydrogen-bond acceptors (Lipinski definition) is 3. The van der Waals surface area contributed by atoms with Crippen molar-refractivity contribution in [3.05, 3.63) is 29.8 Å². The van der Waals surface area contributed by atoms with Crippen molar-refractivity contribution in [3.8, 4) is 0 Å². The number of rotatable bonds is 3. The van der Waals surface area contributed by atoms with Gasteiger partial charge in [0.15, 0.2) is 0 Å². The van der Waals surface area contributed by atoms with Crippen LogP contribution in [0.15, 0.2) is 24.3 Å². The standard InChI is InChI=1S/C20H26N2O3/c23-19(22-11-12-25-18-8-4-3-7-17(18)22)10-9-15-13-14-5-1-2-6-16(14)21-20(15)24/h1-2,5-6,15,17-18H,3-4,7-13H2,(H,21,24)/t15-,17-,18+/m0/s1. The van der Waals surface area contributed by atoms with Crippen LogP contribution in [-0.2, 0) is 20.7 Å². The normalized spacial score (nSPS) is 28.7. The molecule has 0 spiro atoms. The van der Waals surface area contributed by atoms with Crippen LogP contribution in [0.2, 0.25) is 0 Å². The predicted molar refractivity (Wildman–Crippen MR) is 95.2 cm³/mol. The molecule has 5 nitrogen and oxygen atoms in total. The number of carbonyl (C=O) groups excluding carboxylic acids is 2. The maximum atomic E-state index is 12.8. The molecule has 0 unspecified atom stereocenters. The van der Waals surface area contributed by atoms with E-state index in [1.54, 1.807) is 0 Å². The Balaban J connectivity index is 1.36. The molecular weight excluding hydrogens is 316 g/mol. The maximum Gasteiger partial charge on any atom is 0.227 e. The molecule has 0 bridgehead atoms. The predicted octanol–water partition coefficient (Wildman–Crippen LogP) is 2.75. The van der Waals surface area contributed by atoms with E-state index in [4.69, 9.17) is 4.74 Å². The molecule has 3 atom stereocenters. The minimum Gasteiger partial charge on any atom is -0.374 e. The highest BCUT2D eigenvalue weighted by atomic mass is 16.5. The largest absolute Gasteiger partial charge is 0.374 e. The molecule has 4 rings (SSSR count). The number of nitrogens with zero attached hydrogens (tertiary/aromatic N) is 1. The van der Waals surface area contributed by atoms with Crippen molar-refractivity contribution in [2.75, 3.05) is 18.5 Å². The summed E-state index contributed by atoms with van der Waals surface area (Å²) in [5.41, 5.74) is 2.08. The number of morpholine rings is 1. The lowest BCUT2D eigenvalue weighted by molar-refractivity contribution is -0.149. The van der Waals surface area contributed by atoms with Gasteiger partial charge >= 0.3 is 0 Å². The molecule has 2 aliphatic heterocycles. The summed E-state index contributed by atoms with van der Waals surface area (Å²) in [5.74, 6) is 0.123. The second-order valence-corrected chi connectivity index (χ2v) is 7.43. The average Bonchev–Trinajstić information content (AvgIpc) is 2.65. The van der Waals surface area contributed by atoms with E-state index >= 15 is 0 Å². The van der Waals surface area contributed by atoms with E-state index in [2.05, 4.69) is 11.4 Å². The van der Waals surface area contributed by atoms with Crippen LogP contribution in [0.3, 0.4) is 0 Å². The van der Waals surface area contributed by atoms with Crippen molar-refractivity contribution in [3.63, 3.8) is 0 Å². The van der Waals surface area contributed by atoms with Gasteiger partial charge in [0.1, 0.15) is 0 Å². The number of fused-ring (bicyclic) bond motifs is 2. The smallest absolute Gasteiger partial charge is 0.227 e. The molecule has 1 saturated heterocycles. The van der Waals surface area contributed by atoms with Gasteiger partial charge in [0.05, 0.1) is 18.8 Å². The summed E-state index contributed by atoms with van der Waals surface area (Å²) in [6.07, 6.45) is 6.50. The molecule has 0 radical (unpaired) electrons. The lowest BCUT2D eigenvalue weighted by Crippen LogP contribution is -2.54. The molecule has 2 fully saturated rings. The first kappa shape index (κ1) is 16.6. The molecular formula is C20H26N2O3. The van der Waals surface area contributed by atoms with Crippen LogP contribution in [-0.4, -0.2) is 42.0 Å².